The summed E-state index contributed by atoms with van der Waals surface area (Å²) in [6.07, 6.45) is 0. The van der Waals surface area contributed by atoms with Gasteiger partial charge in [0.05, 0.1) is 0 Å². The van der Waals surface area contributed by atoms with Gasteiger partial charge in [-0.15, -0.1) is 5.10 Å². The fourth-order valence-corrected chi connectivity index (χ4v) is 0.184. The zero-order chi connectivity index (χ0) is 7.28. The van der Waals surface area contributed by atoms with Crippen LogP contribution in [-0.2, 0) is 4.79 Å². The summed E-state index contributed by atoms with van der Waals surface area (Å²) in [5, 5.41) is 3.03. The Balaban J connectivity index is 3.39. The van der Waals surface area contributed by atoms with E-state index in [-0.39, 0.29) is 11.9 Å². The van der Waals surface area contributed by atoms with E-state index in [0.717, 1.165) is 0 Å². The maximum atomic E-state index is 10.1. The van der Waals surface area contributed by atoms with Crippen LogP contribution in [0.1, 0.15) is 6.92 Å². The predicted octanol–water partition coefficient (Wildman–Crippen LogP) is -2.18. The minimum absolute atomic E-state index is 0.0369. The third kappa shape index (κ3) is 4.39. The van der Waals surface area contributed by atoms with Crippen LogP contribution in [0.5, 0.6) is 0 Å². The van der Waals surface area contributed by atoms with Crippen LogP contribution < -0.4 is 22.4 Å². The van der Waals surface area contributed by atoms with E-state index in [1.807, 2.05) is 0 Å². The van der Waals surface area contributed by atoms with E-state index >= 15 is 0 Å². The molecule has 6 heteroatoms. The molecule has 0 radical (unpaired) electrons. The number of rotatable bonds is 0. The number of carbonyl (C=O) groups is 1. The molecule has 0 aromatic heterocycles. The van der Waals surface area contributed by atoms with Crippen LogP contribution >= 0.6 is 0 Å². The molecular formula is C3H9N5O. The minimum Gasteiger partial charge on any atom is -0.367 e. The molecule has 0 spiro atoms. The molecule has 0 aliphatic carbocycles. The SMILES string of the molecule is CC(=O)NN/C(N)=N/N. The second kappa shape index (κ2) is 3.53. The van der Waals surface area contributed by atoms with Crippen molar-refractivity contribution in [2.75, 3.05) is 0 Å². The first kappa shape index (κ1) is 7.54. The lowest BCUT2D eigenvalue weighted by molar-refractivity contribution is -0.119. The molecule has 0 atom stereocenters. The fraction of sp³-hybridized carbons (Fsp3) is 0.333. The highest BCUT2D eigenvalue weighted by molar-refractivity contribution is 5.81. The summed E-state index contributed by atoms with van der Waals surface area (Å²) in [5.74, 6) is 4.41. The predicted molar refractivity (Wildman–Crippen MR) is 32.8 cm³/mol. The maximum Gasteiger partial charge on any atom is 0.235 e. The Morgan fingerprint density at radius 3 is 2.44 bits per heavy atom. The molecule has 0 rings (SSSR count). The second-order valence-electron chi connectivity index (χ2n) is 1.32. The van der Waals surface area contributed by atoms with Crippen LogP contribution in [0, 0.1) is 0 Å². The molecule has 9 heavy (non-hydrogen) atoms. The topological polar surface area (TPSA) is 106 Å². The fourth-order valence-electron chi connectivity index (χ4n) is 0.184. The highest BCUT2D eigenvalue weighted by atomic mass is 16.2. The zero-order valence-electron chi connectivity index (χ0n) is 5.01. The lowest BCUT2D eigenvalue weighted by Gasteiger charge is -2.01. The van der Waals surface area contributed by atoms with Crippen molar-refractivity contribution in [3.05, 3.63) is 0 Å². The van der Waals surface area contributed by atoms with Gasteiger partial charge in [0.2, 0.25) is 11.9 Å². The summed E-state index contributed by atoms with van der Waals surface area (Å²) < 4.78 is 0. The first-order valence-electron chi connectivity index (χ1n) is 2.22. The average molecular weight is 131 g/mol. The van der Waals surface area contributed by atoms with Crippen molar-refractivity contribution in [3.8, 4) is 0 Å². The number of nitrogens with one attached hydrogen (secondary N) is 2. The molecule has 6 nitrogen and oxygen atoms in total. The molecule has 0 heterocycles. The Labute approximate surface area is 52.2 Å². The van der Waals surface area contributed by atoms with E-state index < -0.39 is 0 Å². The van der Waals surface area contributed by atoms with Gasteiger partial charge in [-0.2, -0.15) is 0 Å². The van der Waals surface area contributed by atoms with E-state index in [0.29, 0.717) is 0 Å². The number of nitrogens with zero attached hydrogens (tertiary/aromatic N) is 1. The number of hydrazone groups is 1. The van der Waals surface area contributed by atoms with Crippen molar-refractivity contribution < 1.29 is 4.79 Å². The van der Waals surface area contributed by atoms with Crippen LogP contribution in [0.2, 0.25) is 0 Å². The van der Waals surface area contributed by atoms with Crippen molar-refractivity contribution in [3.63, 3.8) is 0 Å². The molecule has 6 N–H and O–H groups in total. The Hall–Kier alpha value is -1.46. The lowest BCUT2D eigenvalue weighted by atomic mass is 10.8. The van der Waals surface area contributed by atoms with E-state index in [2.05, 4.69) is 16.0 Å². The Bertz CT molecular complexity index is 130. The third-order valence-electron chi connectivity index (χ3n) is 0.506. The van der Waals surface area contributed by atoms with Crippen LogP contribution in [0.3, 0.4) is 0 Å². The molecule has 0 aromatic carbocycles. The van der Waals surface area contributed by atoms with Gasteiger partial charge in [-0.05, 0) is 0 Å². The highest BCUT2D eigenvalue weighted by Gasteiger charge is 1.88. The lowest BCUT2D eigenvalue weighted by Crippen LogP contribution is -2.45. The van der Waals surface area contributed by atoms with Gasteiger partial charge in [0.25, 0.3) is 0 Å². The zero-order valence-corrected chi connectivity index (χ0v) is 5.01. The smallest absolute Gasteiger partial charge is 0.235 e. The van der Waals surface area contributed by atoms with Gasteiger partial charge >= 0.3 is 0 Å². The largest absolute Gasteiger partial charge is 0.367 e. The molecule has 0 bridgehead atoms. The van der Waals surface area contributed by atoms with Crippen molar-refractivity contribution >= 4 is 11.9 Å². The number of amides is 1. The van der Waals surface area contributed by atoms with Gasteiger partial charge in [-0.25, -0.2) is 0 Å². The molecule has 0 saturated carbocycles. The standard InChI is InChI=1S/C3H9N5O/c1-2(9)7-8-3(4)6-5/h5H2,1H3,(H,7,9)(H3,4,6,8). The third-order valence-corrected chi connectivity index (χ3v) is 0.506. The molecule has 52 valence electrons. The summed E-state index contributed by atoms with van der Waals surface area (Å²) in [7, 11) is 0. The molecule has 0 aromatic rings. The van der Waals surface area contributed by atoms with Gasteiger partial charge in [-0.1, -0.05) is 0 Å². The molecular weight excluding hydrogens is 122 g/mol. The van der Waals surface area contributed by atoms with Crippen LogP contribution in [0.25, 0.3) is 0 Å². The Kier molecular flexibility index (Phi) is 2.96. The summed E-state index contributed by atoms with van der Waals surface area (Å²) in [5.41, 5.74) is 9.43. The van der Waals surface area contributed by atoms with E-state index in [4.69, 9.17) is 11.6 Å². The number of hydrazine groups is 1. The van der Waals surface area contributed by atoms with Crippen molar-refractivity contribution in [1.29, 1.82) is 0 Å². The normalized spacial score (nSPS) is 10.6. The summed E-state index contributed by atoms with van der Waals surface area (Å²) in [6, 6.07) is 0. The summed E-state index contributed by atoms with van der Waals surface area (Å²) in [4.78, 5) is 10.1. The van der Waals surface area contributed by atoms with Crippen LogP contribution in [-0.4, -0.2) is 11.9 Å². The molecule has 0 saturated heterocycles. The van der Waals surface area contributed by atoms with Crippen LogP contribution in [0.15, 0.2) is 5.10 Å². The Morgan fingerprint density at radius 1 is 1.56 bits per heavy atom. The minimum atomic E-state index is -0.262. The van der Waals surface area contributed by atoms with Gasteiger partial charge in [0, 0.05) is 6.92 Å². The quantitative estimate of drug-likeness (QED) is 0.130. The van der Waals surface area contributed by atoms with Gasteiger partial charge in [-0.3, -0.25) is 15.6 Å². The molecule has 1 amide bonds. The summed E-state index contributed by atoms with van der Waals surface area (Å²) >= 11 is 0. The monoisotopic (exact) mass is 131 g/mol. The van der Waals surface area contributed by atoms with Gasteiger partial charge in [0.1, 0.15) is 0 Å². The number of hydrogen-bond acceptors (Lipinski definition) is 3. The number of nitrogens with two attached hydrogens (primary N) is 2. The number of carbonyl (C=O) groups excluding carboxylic acids is 1. The first-order chi connectivity index (χ1) is 4.16. The van der Waals surface area contributed by atoms with E-state index in [1.54, 1.807) is 0 Å². The Morgan fingerprint density at radius 2 is 2.11 bits per heavy atom. The van der Waals surface area contributed by atoms with Gasteiger partial charge < -0.3 is 11.6 Å². The maximum absolute atomic E-state index is 10.1. The molecule has 0 aliphatic heterocycles. The number of guanidine groups is 1. The number of hydrogen-bond donors (Lipinski definition) is 4. The van der Waals surface area contributed by atoms with Gasteiger partial charge in [0.15, 0.2) is 0 Å². The average Bonchev–Trinajstić information content (AvgIpc) is 1.83. The first-order valence-corrected chi connectivity index (χ1v) is 2.22. The van der Waals surface area contributed by atoms with E-state index in [9.17, 15) is 4.79 Å². The second-order valence-corrected chi connectivity index (χ2v) is 1.32. The van der Waals surface area contributed by atoms with E-state index in [1.165, 1.54) is 6.92 Å². The van der Waals surface area contributed by atoms with Crippen molar-refractivity contribution in [2.24, 2.45) is 16.7 Å². The molecule has 0 fully saturated rings. The van der Waals surface area contributed by atoms with Crippen molar-refractivity contribution in [1.82, 2.24) is 10.9 Å². The molecule has 0 unspecified atom stereocenters. The highest BCUT2D eigenvalue weighted by Crippen LogP contribution is 1.52. The molecule has 0 aliphatic rings. The van der Waals surface area contributed by atoms with Crippen molar-refractivity contribution in [2.45, 2.75) is 6.92 Å². The summed E-state index contributed by atoms with van der Waals surface area (Å²) in [6.45, 7) is 1.33. The van der Waals surface area contributed by atoms with Crippen LogP contribution in [0.4, 0.5) is 0 Å².